The molecule has 1 atom stereocenters. The molecule has 0 spiro atoms. The van der Waals surface area contributed by atoms with E-state index in [2.05, 4.69) is 26.2 Å². The van der Waals surface area contributed by atoms with E-state index < -0.39 is 6.10 Å². The van der Waals surface area contributed by atoms with Gasteiger partial charge in [-0.1, -0.05) is 34.6 Å². The number of ether oxygens (including phenoxy) is 1. The summed E-state index contributed by atoms with van der Waals surface area (Å²) >= 11 is 4.93. The summed E-state index contributed by atoms with van der Waals surface area (Å²) in [5.74, 6) is 1.48. The van der Waals surface area contributed by atoms with Gasteiger partial charge in [0.2, 0.25) is 0 Å². The second kappa shape index (κ2) is 6.96. The third-order valence-electron chi connectivity index (χ3n) is 2.57. The molecule has 1 aliphatic heterocycles. The van der Waals surface area contributed by atoms with Crippen molar-refractivity contribution in [3.05, 3.63) is 28.7 Å². The van der Waals surface area contributed by atoms with Crippen molar-refractivity contribution in [2.45, 2.75) is 19.4 Å². The summed E-state index contributed by atoms with van der Waals surface area (Å²) in [6.45, 7) is 2.69. The standard InChI is InChI=1S/C13H15BrN2O2S/c1-2-11(12(17)16-13-15-7-8-19-13)18-10-5-3-9(14)4-6-10/h3-6,11H,2,7-8H2,1H3,(H,15,16,17)/t11-/m1/s1. The molecule has 0 radical (unpaired) electrons. The van der Waals surface area contributed by atoms with Gasteiger partial charge in [-0.2, -0.15) is 0 Å². The first-order valence-corrected chi connectivity index (χ1v) is 7.87. The lowest BCUT2D eigenvalue weighted by Crippen LogP contribution is -2.39. The molecule has 1 heterocycles. The molecule has 0 aromatic heterocycles. The SMILES string of the molecule is CC[C@@H](Oc1ccc(Br)cc1)C(=O)NC1=NCCS1. The van der Waals surface area contributed by atoms with Crippen molar-refractivity contribution in [1.29, 1.82) is 0 Å². The van der Waals surface area contributed by atoms with E-state index in [-0.39, 0.29) is 5.91 Å². The quantitative estimate of drug-likeness (QED) is 0.915. The van der Waals surface area contributed by atoms with Gasteiger partial charge in [-0.05, 0) is 30.7 Å². The molecule has 0 bridgehead atoms. The van der Waals surface area contributed by atoms with Crippen LogP contribution in [0.2, 0.25) is 0 Å². The first-order valence-electron chi connectivity index (χ1n) is 6.09. The van der Waals surface area contributed by atoms with Crippen LogP contribution in [-0.4, -0.2) is 29.5 Å². The molecule has 1 amide bonds. The summed E-state index contributed by atoms with van der Waals surface area (Å²) in [7, 11) is 0. The Labute approximate surface area is 125 Å². The van der Waals surface area contributed by atoms with Gasteiger partial charge in [0.1, 0.15) is 5.75 Å². The van der Waals surface area contributed by atoms with Crippen molar-refractivity contribution < 1.29 is 9.53 Å². The molecule has 1 aromatic rings. The minimum absolute atomic E-state index is 0.140. The summed E-state index contributed by atoms with van der Waals surface area (Å²) in [6.07, 6.45) is 0.116. The van der Waals surface area contributed by atoms with E-state index in [9.17, 15) is 4.79 Å². The number of nitrogens with zero attached hydrogens (tertiary/aromatic N) is 1. The Bertz CT molecular complexity index is 476. The van der Waals surface area contributed by atoms with E-state index in [1.54, 1.807) is 11.8 Å². The molecule has 0 unspecified atom stereocenters. The molecule has 1 aromatic carbocycles. The molecule has 0 fully saturated rings. The maximum atomic E-state index is 12.1. The zero-order valence-electron chi connectivity index (χ0n) is 10.6. The van der Waals surface area contributed by atoms with Gasteiger partial charge >= 0.3 is 0 Å². The molecule has 0 saturated carbocycles. The molecule has 102 valence electrons. The summed E-state index contributed by atoms with van der Waals surface area (Å²) < 4.78 is 6.67. The van der Waals surface area contributed by atoms with Gasteiger partial charge in [0, 0.05) is 10.2 Å². The Balaban J connectivity index is 1.95. The van der Waals surface area contributed by atoms with Gasteiger partial charge in [-0.15, -0.1) is 0 Å². The number of hydrogen-bond donors (Lipinski definition) is 1. The Morgan fingerprint density at radius 2 is 2.26 bits per heavy atom. The van der Waals surface area contributed by atoms with Crippen LogP contribution < -0.4 is 10.1 Å². The molecular weight excluding hydrogens is 328 g/mol. The molecule has 6 heteroatoms. The highest BCUT2D eigenvalue weighted by Gasteiger charge is 2.21. The molecule has 0 saturated heterocycles. The molecule has 0 aliphatic carbocycles. The van der Waals surface area contributed by atoms with Crippen molar-refractivity contribution >= 4 is 38.8 Å². The lowest BCUT2D eigenvalue weighted by atomic mass is 10.2. The Morgan fingerprint density at radius 3 is 2.84 bits per heavy atom. The highest BCUT2D eigenvalue weighted by molar-refractivity contribution is 9.10. The smallest absolute Gasteiger partial charge is 0.266 e. The zero-order chi connectivity index (χ0) is 13.7. The number of carbonyl (C=O) groups is 1. The first kappa shape index (κ1) is 14.4. The van der Waals surface area contributed by atoms with Gasteiger partial charge < -0.3 is 10.1 Å². The van der Waals surface area contributed by atoms with Crippen LogP contribution in [-0.2, 0) is 4.79 Å². The normalized spacial score (nSPS) is 15.8. The van der Waals surface area contributed by atoms with Crippen LogP contribution in [0.1, 0.15) is 13.3 Å². The topological polar surface area (TPSA) is 50.7 Å². The zero-order valence-corrected chi connectivity index (χ0v) is 13.0. The third kappa shape index (κ3) is 4.24. The fourth-order valence-electron chi connectivity index (χ4n) is 1.60. The van der Waals surface area contributed by atoms with Gasteiger partial charge in [0.05, 0.1) is 6.54 Å². The summed E-state index contributed by atoms with van der Waals surface area (Å²) in [4.78, 5) is 16.3. The lowest BCUT2D eigenvalue weighted by molar-refractivity contribution is -0.126. The van der Waals surface area contributed by atoms with E-state index in [4.69, 9.17) is 4.74 Å². The predicted molar refractivity (Wildman–Crippen MR) is 81.8 cm³/mol. The maximum Gasteiger partial charge on any atom is 0.266 e. The van der Waals surface area contributed by atoms with Crippen LogP contribution in [0.5, 0.6) is 5.75 Å². The highest BCUT2D eigenvalue weighted by Crippen LogP contribution is 2.18. The molecule has 1 aliphatic rings. The van der Waals surface area contributed by atoms with Crippen molar-refractivity contribution in [1.82, 2.24) is 5.32 Å². The molecular formula is C13H15BrN2O2S. The number of amidine groups is 1. The highest BCUT2D eigenvalue weighted by atomic mass is 79.9. The summed E-state index contributed by atoms with van der Waals surface area (Å²) in [5.41, 5.74) is 0. The lowest BCUT2D eigenvalue weighted by Gasteiger charge is -2.17. The number of aliphatic imine (C=N–C) groups is 1. The van der Waals surface area contributed by atoms with Crippen LogP contribution in [0.3, 0.4) is 0 Å². The van der Waals surface area contributed by atoms with Crippen molar-refractivity contribution in [3.63, 3.8) is 0 Å². The average molecular weight is 343 g/mol. The monoisotopic (exact) mass is 342 g/mol. The molecule has 1 N–H and O–H groups in total. The first-order chi connectivity index (χ1) is 9.19. The fraction of sp³-hybridized carbons (Fsp3) is 0.385. The predicted octanol–water partition coefficient (Wildman–Crippen LogP) is 2.83. The molecule has 4 nitrogen and oxygen atoms in total. The van der Waals surface area contributed by atoms with Crippen molar-refractivity contribution in [3.8, 4) is 5.75 Å². The number of carbonyl (C=O) groups excluding carboxylic acids is 1. The Hall–Kier alpha value is -1.01. The van der Waals surface area contributed by atoms with Crippen molar-refractivity contribution in [2.75, 3.05) is 12.3 Å². The van der Waals surface area contributed by atoms with Gasteiger partial charge in [0.25, 0.3) is 5.91 Å². The molecule has 2 rings (SSSR count). The number of benzene rings is 1. The minimum atomic E-state index is -0.495. The number of halogens is 1. The fourth-order valence-corrected chi connectivity index (χ4v) is 2.59. The largest absolute Gasteiger partial charge is 0.481 e. The number of amides is 1. The minimum Gasteiger partial charge on any atom is -0.481 e. The van der Waals surface area contributed by atoms with Crippen LogP contribution in [0.4, 0.5) is 0 Å². The van der Waals surface area contributed by atoms with Gasteiger partial charge in [-0.25, -0.2) is 0 Å². The van der Waals surface area contributed by atoms with Crippen LogP contribution in [0.15, 0.2) is 33.7 Å². The van der Waals surface area contributed by atoms with Gasteiger partial charge in [-0.3, -0.25) is 9.79 Å². The summed E-state index contributed by atoms with van der Waals surface area (Å²) in [5, 5.41) is 3.50. The Morgan fingerprint density at radius 1 is 1.53 bits per heavy atom. The summed E-state index contributed by atoms with van der Waals surface area (Å²) in [6, 6.07) is 7.44. The van der Waals surface area contributed by atoms with E-state index in [1.807, 2.05) is 31.2 Å². The number of hydrogen-bond acceptors (Lipinski definition) is 4. The van der Waals surface area contributed by atoms with Crippen LogP contribution in [0.25, 0.3) is 0 Å². The number of nitrogens with one attached hydrogen (secondary N) is 1. The van der Waals surface area contributed by atoms with Crippen molar-refractivity contribution in [2.24, 2.45) is 4.99 Å². The van der Waals surface area contributed by atoms with E-state index in [0.29, 0.717) is 17.3 Å². The second-order valence-electron chi connectivity index (χ2n) is 3.99. The maximum absolute atomic E-state index is 12.1. The molecule has 19 heavy (non-hydrogen) atoms. The average Bonchev–Trinajstić information content (AvgIpc) is 2.90. The Kier molecular flexibility index (Phi) is 5.27. The van der Waals surface area contributed by atoms with Gasteiger partial charge in [0.15, 0.2) is 11.3 Å². The van der Waals surface area contributed by atoms with E-state index in [0.717, 1.165) is 16.8 Å². The van der Waals surface area contributed by atoms with E-state index in [1.165, 1.54) is 0 Å². The van der Waals surface area contributed by atoms with Crippen LogP contribution >= 0.6 is 27.7 Å². The third-order valence-corrected chi connectivity index (χ3v) is 3.99. The van der Waals surface area contributed by atoms with E-state index >= 15 is 0 Å². The number of rotatable bonds is 4. The number of thioether (sulfide) groups is 1. The van der Waals surface area contributed by atoms with Crippen LogP contribution in [0, 0.1) is 0 Å². The second-order valence-corrected chi connectivity index (χ2v) is 5.99.